The van der Waals surface area contributed by atoms with Gasteiger partial charge in [-0.25, -0.2) is 0 Å². The first-order chi connectivity index (χ1) is 8.38. The van der Waals surface area contributed by atoms with Gasteiger partial charge in [0.1, 0.15) is 0 Å². The monoisotopic (exact) mass is 252 g/mol. The standard InChI is InChI=1S/C14H24N2O2/c1-14(2,3)13(18)16-8-4-5-10(9-16)12(17)15-11-6-7-11/h10-11H,4-9H2,1-3H3,(H,15,17). The van der Waals surface area contributed by atoms with Crippen LogP contribution in [0, 0.1) is 11.3 Å². The first kappa shape index (κ1) is 13.4. The van der Waals surface area contributed by atoms with E-state index in [1.807, 2.05) is 25.7 Å². The van der Waals surface area contributed by atoms with E-state index in [-0.39, 0.29) is 23.1 Å². The Morgan fingerprint density at radius 1 is 1.17 bits per heavy atom. The quantitative estimate of drug-likeness (QED) is 0.810. The van der Waals surface area contributed by atoms with Crippen molar-refractivity contribution >= 4 is 11.8 Å². The van der Waals surface area contributed by atoms with Crippen LogP contribution >= 0.6 is 0 Å². The summed E-state index contributed by atoms with van der Waals surface area (Å²) < 4.78 is 0. The Hall–Kier alpha value is -1.06. The lowest BCUT2D eigenvalue weighted by atomic mass is 9.91. The SMILES string of the molecule is CC(C)(C)C(=O)N1CCCC(C(=O)NC2CC2)C1. The maximum atomic E-state index is 12.2. The van der Waals surface area contributed by atoms with Gasteiger partial charge < -0.3 is 10.2 Å². The second-order valence-corrected chi connectivity index (χ2v) is 6.62. The van der Waals surface area contributed by atoms with Crippen LogP contribution in [0.4, 0.5) is 0 Å². The number of likely N-dealkylation sites (tertiary alicyclic amines) is 1. The zero-order valence-corrected chi connectivity index (χ0v) is 11.7. The summed E-state index contributed by atoms with van der Waals surface area (Å²) in [5.74, 6) is 0.293. The molecule has 1 heterocycles. The fraction of sp³-hybridized carbons (Fsp3) is 0.857. The lowest BCUT2D eigenvalue weighted by molar-refractivity contribution is -0.142. The summed E-state index contributed by atoms with van der Waals surface area (Å²) in [5, 5.41) is 3.04. The molecule has 1 saturated heterocycles. The van der Waals surface area contributed by atoms with Crippen molar-refractivity contribution in [3.8, 4) is 0 Å². The molecule has 1 saturated carbocycles. The maximum absolute atomic E-state index is 12.2. The van der Waals surface area contributed by atoms with Crippen molar-refractivity contribution in [2.24, 2.45) is 11.3 Å². The molecule has 0 bridgehead atoms. The summed E-state index contributed by atoms with van der Waals surface area (Å²) in [5.41, 5.74) is -0.352. The first-order valence-corrected chi connectivity index (χ1v) is 6.97. The summed E-state index contributed by atoms with van der Waals surface area (Å²) in [6.45, 7) is 7.19. The van der Waals surface area contributed by atoms with E-state index < -0.39 is 0 Å². The van der Waals surface area contributed by atoms with Gasteiger partial charge in [-0.2, -0.15) is 0 Å². The Balaban J connectivity index is 1.91. The molecular weight excluding hydrogens is 228 g/mol. The summed E-state index contributed by atoms with van der Waals surface area (Å²) in [6, 6.07) is 0.409. The van der Waals surface area contributed by atoms with Crippen LogP contribution in [0.3, 0.4) is 0 Å². The molecule has 1 N–H and O–H groups in total. The number of hydrogen-bond acceptors (Lipinski definition) is 2. The number of rotatable bonds is 2. The molecule has 2 fully saturated rings. The zero-order valence-electron chi connectivity index (χ0n) is 11.7. The van der Waals surface area contributed by atoms with Crippen molar-refractivity contribution in [3.05, 3.63) is 0 Å². The van der Waals surface area contributed by atoms with Gasteiger partial charge in [-0.15, -0.1) is 0 Å². The second-order valence-electron chi connectivity index (χ2n) is 6.62. The molecule has 0 spiro atoms. The minimum Gasteiger partial charge on any atom is -0.353 e. The van der Waals surface area contributed by atoms with Crippen LogP contribution in [-0.4, -0.2) is 35.8 Å². The molecule has 2 rings (SSSR count). The molecule has 0 radical (unpaired) electrons. The third kappa shape index (κ3) is 3.24. The van der Waals surface area contributed by atoms with Gasteiger partial charge in [0.15, 0.2) is 0 Å². The topological polar surface area (TPSA) is 49.4 Å². The van der Waals surface area contributed by atoms with Crippen LogP contribution in [-0.2, 0) is 9.59 Å². The van der Waals surface area contributed by atoms with Gasteiger partial charge in [-0.3, -0.25) is 9.59 Å². The van der Waals surface area contributed by atoms with Crippen molar-refractivity contribution < 1.29 is 9.59 Å². The molecule has 0 aromatic carbocycles. The van der Waals surface area contributed by atoms with Crippen LogP contribution < -0.4 is 5.32 Å². The van der Waals surface area contributed by atoms with Gasteiger partial charge in [-0.1, -0.05) is 20.8 Å². The fourth-order valence-electron chi connectivity index (χ4n) is 2.40. The molecule has 1 aliphatic carbocycles. The van der Waals surface area contributed by atoms with Crippen molar-refractivity contribution in [2.45, 2.75) is 52.5 Å². The predicted molar refractivity (Wildman–Crippen MR) is 69.9 cm³/mol. The zero-order chi connectivity index (χ0) is 13.3. The fourth-order valence-corrected chi connectivity index (χ4v) is 2.40. The minimum absolute atomic E-state index is 0.00866. The highest BCUT2D eigenvalue weighted by Gasteiger charge is 2.34. The number of carbonyl (C=O) groups is 2. The van der Waals surface area contributed by atoms with Gasteiger partial charge >= 0.3 is 0 Å². The highest BCUT2D eigenvalue weighted by molar-refractivity contribution is 5.84. The molecule has 1 unspecified atom stereocenters. The summed E-state index contributed by atoms with van der Waals surface area (Å²) in [7, 11) is 0. The van der Waals surface area contributed by atoms with Crippen molar-refractivity contribution in [1.29, 1.82) is 0 Å². The Bertz CT molecular complexity index is 342. The number of carbonyl (C=O) groups excluding carboxylic acids is 2. The smallest absolute Gasteiger partial charge is 0.227 e. The molecule has 0 aromatic heterocycles. The van der Waals surface area contributed by atoms with E-state index in [0.717, 1.165) is 32.2 Å². The summed E-state index contributed by atoms with van der Waals surface area (Å²) >= 11 is 0. The average molecular weight is 252 g/mol. The number of amides is 2. The molecule has 4 heteroatoms. The molecule has 102 valence electrons. The molecule has 18 heavy (non-hydrogen) atoms. The van der Waals surface area contributed by atoms with Crippen LogP contribution in [0.25, 0.3) is 0 Å². The Morgan fingerprint density at radius 3 is 2.39 bits per heavy atom. The van der Waals surface area contributed by atoms with E-state index in [2.05, 4.69) is 5.32 Å². The maximum Gasteiger partial charge on any atom is 0.227 e. The van der Waals surface area contributed by atoms with E-state index in [1.165, 1.54) is 0 Å². The predicted octanol–water partition coefficient (Wildman–Crippen LogP) is 1.55. The van der Waals surface area contributed by atoms with Crippen molar-refractivity contribution in [2.75, 3.05) is 13.1 Å². The Kier molecular flexibility index (Phi) is 3.64. The van der Waals surface area contributed by atoms with E-state index in [1.54, 1.807) is 0 Å². The van der Waals surface area contributed by atoms with Crippen LogP contribution in [0.2, 0.25) is 0 Å². The third-order valence-corrected chi connectivity index (χ3v) is 3.64. The molecule has 4 nitrogen and oxygen atoms in total. The minimum atomic E-state index is -0.352. The molecule has 1 aliphatic heterocycles. The second kappa shape index (κ2) is 4.90. The van der Waals surface area contributed by atoms with Crippen molar-refractivity contribution in [3.63, 3.8) is 0 Å². The van der Waals surface area contributed by atoms with Crippen LogP contribution in [0.15, 0.2) is 0 Å². The van der Waals surface area contributed by atoms with E-state index in [0.29, 0.717) is 12.6 Å². The Morgan fingerprint density at radius 2 is 1.83 bits per heavy atom. The number of piperidine rings is 1. The average Bonchev–Trinajstić information content (AvgIpc) is 3.11. The highest BCUT2D eigenvalue weighted by atomic mass is 16.2. The number of nitrogens with zero attached hydrogens (tertiary/aromatic N) is 1. The van der Waals surface area contributed by atoms with Gasteiger partial charge in [-0.05, 0) is 25.7 Å². The van der Waals surface area contributed by atoms with E-state index >= 15 is 0 Å². The molecular formula is C14H24N2O2. The molecule has 2 amide bonds. The summed E-state index contributed by atoms with van der Waals surface area (Å²) in [6.07, 6.45) is 4.07. The van der Waals surface area contributed by atoms with Gasteiger partial charge in [0.25, 0.3) is 0 Å². The van der Waals surface area contributed by atoms with Crippen molar-refractivity contribution in [1.82, 2.24) is 10.2 Å². The highest BCUT2D eigenvalue weighted by Crippen LogP contribution is 2.25. The third-order valence-electron chi connectivity index (χ3n) is 3.64. The Labute approximate surface area is 109 Å². The first-order valence-electron chi connectivity index (χ1n) is 6.97. The lowest BCUT2D eigenvalue weighted by Crippen LogP contribution is -2.49. The van der Waals surface area contributed by atoms with Gasteiger partial charge in [0, 0.05) is 24.5 Å². The van der Waals surface area contributed by atoms with Crippen LogP contribution in [0.1, 0.15) is 46.5 Å². The lowest BCUT2D eigenvalue weighted by Gasteiger charge is -2.35. The number of nitrogens with one attached hydrogen (secondary N) is 1. The van der Waals surface area contributed by atoms with E-state index in [4.69, 9.17) is 0 Å². The van der Waals surface area contributed by atoms with Crippen LogP contribution in [0.5, 0.6) is 0 Å². The number of hydrogen-bond donors (Lipinski definition) is 1. The molecule has 0 aromatic rings. The van der Waals surface area contributed by atoms with Gasteiger partial charge in [0.05, 0.1) is 5.92 Å². The van der Waals surface area contributed by atoms with Gasteiger partial charge in [0.2, 0.25) is 11.8 Å². The normalized spacial score (nSPS) is 24.8. The molecule has 2 aliphatic rings. The largest absolute Gasteiger partial charge is 0.353 e. The van der Waals surface area contributed by atoms with E-state index in [9.17, 15) is 9.59 Å². The molecule has 1 atom stereocenters. The summed E-state index contributed by atoms with van der Waals surface area (Å²) in [4.78, 5) is 26.1.